The Bertz CT molecular complexity index is 1330. The summed E-state index contributed by atoms with van der Waals surface area (Å²) in [6, 6.07) is 3.68. The minimum atomic E-state index is -1.000. The van der Waals surface area contributed by atoms with Crippen LogP contribution in [0, 0.1) is 37.0 Å². The Morgan fingerprint density at radius 1 is 1.11 bits per heavy atom. The Labute approximate surface area is 204 Å². The van der Waals surface area contributed by atoms with Gasteiger partial charge in [0.15, 0.2) is 6.61 Å². The Morgan fingerprint density at radius 2 is 1.69 bits per heavy atom. The van der Waals surface area contributed by atoms with Crippen molar-refractivity contribution >= 4 is 23.6 Å². The highest BCUT2D eigenvalue weighted by Gasteiger charge is 2.24. The van der Waals surface area contributed by atoms with Crippen molar-refractivity contribution in [1.82, 2.24) is 13.7 Å². The van der Waals surface area contributed by atoms with Gasteiger partial charge in [-0.25, -0.2) is 9.59 Å². The van der Waals surface area contributed by atoms with Gasteiger partial charge in [-0.2, -0.15) is 5.26 Å². The molecule has 10 nitrogen and oxygen atoms in total. The third-order valence-corrected chi connectivity index (χ3v) is 5.54. The SMILES string of the molecule is Cc1cc(C=C(C#N)C(=O)OCC(=O)c2c(N)n(CC(C)C)c(=O)n(C)c2=O)c(C)n1CC(C)C. The molecule has 0 bridgehead atoms. The number of aromatic nitrogens is 3. The first-order valence-corrected chi connectivity index (χ1v) is 11.4. The number of nitrogens with two attached hydrogens (primary N) is 1. The van der Waals surface area contributed by atoms with Crippen molar-refractivity contribution in [3.8, 4) is 6.07 Å². The van der Waals surface area contributed by atoms with Crippen molar-refractivity contribution in [3.63, 3.8) is 0 Å². The molecule has 0 spiro atoms. The molecule has 0 aliphatic carbocycles. The summed E-state index contributed by atoms with van der Waals surface area (Å²) in [5, 5.41) is 9.51. The average Bonchev–Trinajstić information content (AvgIpc) is 3.04. The Hall–Kier alpha value is -3.87. The number of aryl methyl sites for hydroxylation is 1. The fraction of sp³-hybridized carbons (Fsp3) is 0.480. The summed E-state index contributed by atoms with van der Waals surface area (Å²) < 4.78 is 9.09. The van der Waals surface area contributed by atoms with E-state index in [0.29, 0.717) is 11.5 Å². The molecule has 2 heterocycles. The predicted octanol–water partition coefficient (Wildman–Crippen LogP) is 2.19. The lowest BCUT2D eigenvalue weighted by Gasteiger charge is -2.16. The topological polar surface area (TPSA) is 142 Å². The van der Waals surface area contributed by atoms with Crippen LogP contribution in [-0.4, -0.2) is 32.1 Å². The molecule has 0 aliphatic rings. The third-order valence-electron chi connectivity index (χ3n) is 5.54. The summed E-state index contributed by atoms with van der Waals surface area (Å²) in [7, 11) is 1.25. The van der Waals surface area contributed by atoms with Crippen molar-refractivity contribution in [3.05, 3.63) is 55.0 Å². The summed E-state index contributed by atoms with van der Waals surface area (Å²) >= 11 is 0. The molecule has 35 heavy (non-hydrogen) atoms. The molecular formula is C25H33N5O5. The van der Waals surface area contributed by atoms with Crippen molar-refractivity contribution < 1.29 is 14.3 Å². The molecule has 0 saturated heterocycles. The largest absolute Gasteiger partial charge is 0.453 e. The second-order valence-corrected chi connectivity index (χ2v) is 9.41. The number of carbonyl (C=O) groups excluding carboxylic acids is 2. The maximum absolute atomic E-state index is 12.8. The molecule has 2 aromatic heterocycles. The predicted molar refractivity (Wildman–Crippen MR) is 133 cm³/mol. The molecular weight excluding hydrogens is 450 g/mol. The van der Waals surface area contributed by atoms with Crippen LogP contribution in [0.3, 0.4) is 0 Å². The van der Waals surface area contributed by atoms with Gasteiger partial charge in [0, 0.05) is 31.5 Å². The maximum atomic E-state index is 12.8. The first-order valence-electron chi connectivity index (χ1n) is 11.4. The van der Waals surface area contributed by atoms with Gasteiger partial charge in [0.25, 0.3) is 5.56 Å². The van der Waals surface area contributed by atoms with Gasteiger partial charge in [-0.15, -0.1) is 0 Å². The molecule has 0 amide bonds. The second kappa shape index (κ2) is 11.0. The van der Waals surface area contributed by atoms with E-state index < -0.39 is 35.2 Å². The minimum Gasteiger partial charge on any atom is -0.453 e. The Morgan fingerprint density at radius 3 is 2.23 bits per heavy atom. The molecule has 2 aromatic rings. The van der Waals surface area contributed by atoms with E-state index in [2.05, 4.69) is 18.4 Å². The van der Waals surface area contributed by atoms with Crippen LogP contribution in [0.1, 0.15) is 55.0 Å². The monoisotopic (exact) mass is 483 g/mol. The van der Waals surface area contributed by atoms with E-state index in [-0.39, 0.29) is 23.9 Å². The highest BCUT2D eigenvalue weighted by molar-refractivity contribution is 6.03. The van der Waals surface area contributed by atoms with Gasteiger partial charge in [-0.1, -0.05) is 27.7 Å². The van der Waals surface area contributed by atoms with Crippen LogP contribution in [0.5, 0.6) is 0 Å². The number of hydrogen-bond acceptors (Lipinski definition) is 7. The molecule has 188 valence electrons. The van der Waals surface area contributed by atoms with Crippen LogP contribution in [0.2, 0.25) is 0 Å². The normalized spacial score (nSPS) is 11.7. The molecule has 0 atom stereocenters. The van der Waals surface area contributed by atoms with Gasteiger partial charge in [0.2, 0.25) is 5.78 Å². The second-order valence-electron chi connectivity index (χ2n) is 9.41. The molecule has 0 radical (unpaired) electrons. The number of rotatable bonds is 9. The van der Waals surface area contributed by atoms with Gasteiger partial charge < -0.3 is 15.0 Å². The van der Waals surface area contributed by atoms with E-state index >= 15 is 0 Å². The number of hydrogen-bond donors (Lipinski definition) is 1. The molecule has 2 rings (SSSR count). The Balaban J connectivity index is 2.30. The van der Waals surface area contributed by atoms with Crippen molar-refractivity contribution in [2.45, 2.75) is 54.6 Å². The van der Waals surface area contributed by atoms with E-state index in [4.69, 9.17) is 10.5 Å². The summed E-state index contributed by atoms with van der Waals surface area (Å²) in [6.07, 6.45) is 1.42. The summed E-state index contributed by atoms with van der Waals surface area (Å²) in [5.41, 5.74) is 6.35. The zero-order chi connectivity index (χ0) is 26.6. The fourth-order valence-electron chi connectivity index (χ4n) is 3.78. The van der Waals surface area contributed by atoms with Gasteiger partial charge in [-0.3, -0.25) is 18.7 Å². The lowest BCUT2D eigenvalue weighted by atomic mass is 10.1. The summed E-state index contributed by atoms with van der Waals surface area (Å²) in [5.74, 6) is -1.69. The van der Waals surface area contributed by atoms with E-state index in [1.54, 1.807) is 0 Å². The number of esters is 1. The first kappa shape index (κ1) is 27.4. The molecule has 0 unspecified atom stereocenters. The number of ketones is 1. The average molecular weight is 484 g/mol. The van der Waals surface area contributed by atoms with E-state index in [1.807, 2.05) is 39.8 Å². The number of anilines is 1. The van der Waals surface area contributed by atoms with Gasteiger partial charge in [0.05, 0.1) is 0 Å². The van der Waals surface area contributed by atoms with Gasteiger partial charge >= 0.3 is 11.7 Å². The number of ether oxygens (including phenoxy) is 1. The number of carbonyl (C=O) groups is 2. The molecule has 2 N–H and O–H groups in total. The Kier molecular flexibility index (Phi) is 8.63. The van der Waals surface area contributed by atoms with Crippen LogP contribution in [0.4, 0.5) is 5.82 Å². The van der Waals surface area contributed by atoms with Crippen molar-refractivity contribution in [2.75, 3.05) is 12.3 Å². The molecule has 0 saturated carbocycles. The number of Topliss-reactive ketones (excluding diaryl/α,β-unsaturated/α-hetero) is 1. The van der Waals surface area contributed by atoms with Crippen LogP contribution in [0.15, 0.2) is 21.2 Å². The first-order chi connectivity index (χ1) is 16.3. The van der Waals surface area contributed by atoms with Crippen molar-refractivity contribution in [1.29, 1.82) is 5.26 Å². The maximum Gasteiger partial charge on any atom is 0.349 e. The van der Waals surface area contributed by atoms with Gasteiger partial charge in [0.1, 0.15) is 23.0 Å². The lowest BCUT2D eigenvalue weighted by molar-refractivity contribution is -0.137. The van der Waals surface area contributed by atoms with E-state index in [1.165, 1.54) is 13.1 Å². The smallest absolute Gasteiger partial charge is 0.349 e. The zero-order valence-corrected chi connectivity index (χ0v) is 21.3. The van der Waals surface area contributed by atoms with E-state index in [9.17, 15) is 24.4 Å². The third kappa shape index (κ3) is 5.98. The van der Waals surface area contributed by atoms with Gasteiger partial charge in [-0.05, 0) is 43.4 Å². The molecule has 0 fully saturated rings. The number of nitrogens with zero attached hydrogens (tertiary/aromatic N) is 4. The summed E-state index contributed by atoms with van der Waals surface area (Å²) in [4.78, 5) is 50.3. The number of nitriles is 1. The summed E-state index contributed by atoms with van der Waals surface area (Å²) in [6.45, 7) is 11.9. The van der Waals surface area contributed by atoms with Crippen LogP contribution in [-0.2, 0) is 29.7 Å². The fourth-order valence-corrected chi connectivity index (χ4v) is 3.78. The quantitative estimate of drug-likeness (QED) is 0.249. The number of nitrogen functional groups attached to an aromatic ring is 1. The van der Waals surface area contributed by atoms with Crippen LogP contribution in [0.25, 0.3) is 6.08 Å². The zero-order valence-electron chi connectivity index (χ0n) is 21.3. The van der Waals surface area contributed by atoms with Crippen LogP contribution < -0.4 is 17.0 Å². The highest BCUT2D eigenvalue weighted by Crippen LogP contribution is 2.20. The molecule has 0 aromatic carbocycles. The van der Waals surface area contributed by atoms with E-state index in [0.717, 1.165) is 27.1 Å². The minimum absolute atomic E-state index is 0.0269. The van der Waals surface area contributed by atoms with Crippen LogP contribution >= 0.6 is 0 Å². The molecule has 0 aliphatic heterocycles. The highest BCUT2D eigenvalue weighted by atomic mass is 16.5. The lowest BCUT2D eigenvalue weighted by Crippen LogP contribution is -2.43. The standard InChI is InChI=1S/C25H33N5O5/c1-14(2)11-29-16(5)8-18(17(29)6)9-19(10-26)24(33)35-13-20(31)21-22(27)30(12-15(3)4)25(34)28(7)23(21)32/h8-9,14-15H,11-13,27H2,1-7H3. The molecule has 10 heteroatoms. The van der Waals surface area contributed by atoms with Crippen molar-refractivity contribution in [2.24, 2.45) is 18.9 Å².